The van der Waals surface area contributed by atoms with Crippen molar-refractivity contribution in [2.75, 3.05) is 9.80 Å². The van der Waals surface area contributed by atoms with Crippen LogP contribution in [0.4, 0.5) is 34.3 Å². The minimum atomic E-state index is -0.171. The predicted octanol–water partition coefficient (Wildman–Crippen LogP) is 15.6. The van der Waals surface area contributed by atoms with E-state index in [1.807, 2.05) is 0 Å². The van der Waals surface area contributed by atoms with Gasteiger partial charge >= 0.3 is 6.85 Å². The summed E-state index contributed by atoms with van der Waals surface area (Å²) in [5, 5.41) is 3.69. The number of furan rings is 1. The van der Waals surface area contributed by atoms with Crippen LogP contribution >= 0.6 is 0 Å². The van der Waals surface area contributed by atoms with Crippen LogP contribution in [-0.2, 0) is 21.7 Å². The van der Waals surface area contributed by atoms with E-state index in [-0.39, 0.29) is 28.5 Å². The summed E-state index contributed by atoms with van der Waals surface area (Å²) in [6, 6.07) is 54.9. The molecule has 11 rings (SSSR count). The van der Waals surface area contributed by atoms with Gasteiger partial charge in [-0.05, 0) is 128 Å². The Hall–Kier alpha value is -6.46. The van der Waals surface area contributed by atoms with E-state index in [4.69, 9.17) is 4.42 Å². The van der Waals surface area contributed by atoms with Gasteiger partial charge in [0.2, 0.25) is 5.88 Å². The lowest BCUT2D eigenvalue weighted by Gasteiger charge is -2.39. The lowest BCUT2D eigenvalue weighted by atomic mass is 9.45. The molecule has 0 unspecified atom stereocenters. The van der Waals surface area contributed by atoms with Gasteiger partial charge in [0, 0.05) is 61.0 Å². The average Bonchev–Trinajstić information content (AvgIpc) is 3.81. The van der Waals surface area contributed by atoms with Crippen LogP contribution in [0.2, 0.25) is 0 Å². The molecule has 0 atom stereocenters. The van der Waals surface area contributed by atoms with Gasteiger partial charge in [-0.25, -0.2) is 0 Å². The summed E-state index contributed by atoms with van der Waals surface area (Å²) in [6.45, 7) is 27.6. The molecular formula is C60H60BN3O. The molecule has 324 valence electrons. The summed E-state index contributed by atoms with van der Waals surface area (Å²) < 4.78 is 10.0. The summed E-state index contributed by atoms with van der Waals surface area (Å²) in [4.78, 5) is 4.90. The van der Waals surface area contributed by atoms with E-state index in [1.54, 1.807) is 0 Å². The third-order valence-electron chi connectivity index (χ3n) is 14.2. The topological polar surface area (TPSA) is 24.6 Å². The van der Waals surface area contributed by atoms with Gasteiger partial charge in [-0.1, -0.05) is 156 Å². The fourth-order valence-electron chi connectivity index (χ4n) is 10.5. The number of para-hydroxylation sites is 2. The number of anilines is 6. The summed E-state index contributed by atoms with van der Waals surface area (Å²) in [5.74, 6) is 0.889. The number of nitrogens with zero attached hydrogens (tertiary/aromatic N) is 3. The fourth-order valence-corrected chi connectivity index (χ4v) is 10.5. The number of hydrogen-bond acceptors (Lipinski definition) is 3. The maximum absolute atomic E-state index is 7.32. The SMILES string of the molecule is CC(C)(C)c1ccc(N2c3cc(C(C)(C)C)cc4c3B(c3c2oc2ccc(C(C)(C)C)cc32)n2c3ccc(C(C)(C)C)cc3c3c(N(c5ccccc5)c5ccccc5)ccc-4c32)cc1. The van der Waals surface area contributed by atoms with Crippen LogP contribution in [-0.4, -0.2) is 11.3 Å². The standard InChI is InChI=1S/C60H60BN3O/c1-57(2,3)37-23-27-43(28-24-37)63-50-36-40(60(10,11)12)35-45-44-29-31-49(62(41-19-15-13-16-20-41)42-21-17-14-18-22-42)52-46-33-38(58(4,5)6)25-30-48(46)64(55(44)52)61(53(45)50)54-47-34-39(59(7,8)9)26-32-51(47)65-56(54)63/h13-36H,1-12H3. The second kappa shape index (κ2) is 14.0. The molecule has 2 aliphatic heterocycles. The largest absolute Gasteiger partial charge is 0.440 e. The Morgan fingerprint density at radius 2 is 1.03 bits per heavy atom. The van der Waals surface area contributed by atoms with E-state index in [9.17, 15) is 0 Å². The Labute approximate surface area is 385 Å². The van der Waals surface area contributed by atoms with Crippen molar-refractivity contribution in [3.05, 3.63) is 168 Å². The van der Waals surface area contributed by atoms with Gasteiger partial charge in [0.05, 0.1) is 5.69 Å². The molecule has 0 amide bonds. The van der Waals surface area contributed by atoms with Gasteiger partial charge in [0.15, 0.2) is 0 Å². The summed E-state index contributed by atoms with van der Waals surface area (Å²) in [5.41, 5.74) is 19.1. The molecule has 4 nitrogen and oxygen atoms in total. The maximum Gasteiger partial charge on any atom is 0.337 e. The molecule has 0 N–H and O–H groups in total. The van der Waals surface area contributed by atoms with Gasteiger partial charge in [-0.15, -0.1) is 0 Å². The summed E-state index contributed by atoms with van der Waals surface area (Å²) in [6.07, 6.45) is 0. The molecule has 0 aliphatic carbocycles. The normalized spacial score (nSPS) is 13.8. The van der Waals surface area contributed by atoms with Crippen molar-refractivity contribution in [3.63, 3.8) is 0 Å². The third kappa shape index (κ3) is 6.40. The molecule has 0 saturated carbocycles. The molecule has 0 fully saturated rings. The van der Waals surface area contributed by atoms with E-state index in [0.717, 1.165) is 34.2 Å². The first-order valence-corrected chi connectivity index (χ1v) is 23.5. The lowest BCUT2D eigenvalue weighted by Crippen LogP contribution is -2.56. The molecule has 0 radical (unpaired) electrons. The predicted molar refractivity (Wildman–Crippen MR) is 279 cm³/mol. The zero-order valence-electron chi connectivity index (χ0n) is 40.2. The molecule has 2 aliphatic rings. The highest BCUT2D eigenvalue weighted by molar-refractivity contribution is 6.91. The van der Waals surface area contributed by atoms with E-state index in [1.165, 1.54) is 77.2 Å². The lowest BCUT2D eigenvalue weighted by molar-refractivity contribution is 0.588. The van der Waals surface area contributed by atoms with Crippen molar-refractivity contribution in [3.8, 4) is 11.1 Å². The molecule has 0 spiro atoms. The first-order valence-electron chi connectivity index (χ1n) is 23.5. The van der Waals surface area contributed by atoms with E-state index in [2.05, 4.69) is 243 Å². The summed E-state index contributed by atoms with van der Waals surface area (Å²) in [7, 11) is 0. The minimum Gasteiger partial charge on any atom is -0.440 e. The highest BCUT2D eigenvalue weighted by Gasteiger charge is 2.47. The zero-order valence-corrected chi connectivity index (χ0v) is 40.2. The van der Waals surface area contributed by atoms with E-state index in [0.29, 0.717) is 0 Å². The van der Waals surface area contributed by atoms with Gasteiger partial charge in [0.1, 0.15) is 5.58 Å². The van der Waals surface area contributed by atoms with Crippen LogP contribution in [0.3, 0.4) is 0 Å². The molecule has 7 aromatic carbocycles. The van der Waals surface area contributed by atoms with Gasteiger partial charge in [0.25, 0.3) is 0 Å². The molecule has 65 heavy (non-hydrogen) atoms. The Balaban J connectivity index is 1.33. The van der Waals surface area contributed by atoms with Gasteiger partial charge < -0.3 is 13.8 Å². The average molecular weight is 850 g/mol. The quantitative estimate of drug-likeness (QED) is 0.165. The molecule has 0 saturated heterocycles. The Kier molecular flexibility index (Phi) is 8.90. The van der Waals surface area contributed by atoms with Crippen molar-refractivity contribution in [2.45, 2.75) is 105 Å². The number of benzene rings is 7. The van der Waals surface area contributed by atoms with Crippen molar-refractivity contribution >= 4 is 84.9 Å². The van der Waals surface area contributed by atoms with Gasteiger partial charge in [-0.3, -0.25) is 4.90 Å². The highest BCUT2D eigenvalue weighted by atomic mass is 16.4. The van der Waals surface area contributed by atoms with E-state index < -0.39 is 0 Å². The molecule has 5 heteroatoms. The van der Waals surface area contributed by atoms with Crippen molar-refractivity contribution in [2.24, 2.45) is 0 Å². The molecule has 0 bridgehead atoms. The minimum absolute atomic E-state index is 0.0254. The van der Waals surface area contributed by atoms with Crippen LogP contribution in [0.25, 0.3) is 43.9 Å². The fraction of sp³-hybridized carbons (Fsp3) is 0.267. The first-order chi connectivity index (χ1) is 30.8. The second-order valence-corrected chi connectivity index (χ2v) is 22.7. The molecule has 9 aromatic rings. The van der Waals surface area contributed by atoms with Crippen LogP contribution in [0.5, 0.6) is 0 Å². The van der Waals surface area contributed by atoms with Crippen LogP contribution in [0.15, 0.2) is 150 Å². The van der Waals surface area contributed by atoms with E-state index >= 15 is 0 Å². The zero-order chi connectivity index (χ0) is 45.5. The highest BCUT2D eigenvalue weighted by Crippen LogP contribution is 2.52. The Morgan fingerprint density at radius 3 is 1.62 bits per heavy atom. The second-order valence-electron chi connectivity index (χ2n) is 22.7. The Morgan fingerprint density at radius 1 is 0.477 bits per heavy atom. The number of hydrogen-bond donors (Lipinski definition) is 0. The number of fused-ring (bicyclic) bond motifs is 9. The maximum atomic E-state index is 7.32. The van der Waals surface area contributed by atoms with Crippen LogP contribution < -0.4 is 20.7 Å². The first kappa shape index (κ1) is 41.3. The van der Waals surface area contributed by atoms with Crippen molar-refractivity contribution < 1.29 is 4.42 Å². The monoisotopic (exact) mass is 849 g/mol. The smallest absolute Gasteiger partial charge is 0.337 e. The van der Waals surface area contributed by atoms with Crippen molar-refractivity contribution in [1.29, 1.82) is 0 Å². The molecular weight excluding hydrogens is 789 g/mol. The molecule has 4 heterocycles. The number of rotatable bonds is 4. The third-order valence-corrected chi connectivity index (χ3v) is 14.2. The summed E-state index contributed by atoms with van der Waals surface area (Å²) >= 11 is 0. The Bertz CT molecular complexity index is 3310. The van der Waals surface area contributed by atoms with Crippen LogP contribution in [0.1, 0.15) is 105 Å². The number of aromatic nitrogens is 1. The van der Waals surface area contributed by atoms with Crippen LogP contribution in [0, 0.1) is 0 Å². The molecule has 2 aromatic heterocycles. The van der Waals surface area contributed by atoms with Crippen molar-refractivity contribution in [1.82, 2.24) is 4.48 Å². The van der Waals surface area contributed by atoms with Gasteiger partial charge in [-0.2, -0.15) is 0 Å².